The molecule has 3 aromatic heterocycles. The van der Waals surface area contributed by atoms with Crippen LogP contribution in [0.25, 0.3) is 22.4 Å². The molecule has 4 aromatic rings. The third-order valence-electron chi connectivity index (χ3n) is 4.15. The van der Waals surface area contributed by atoms with Gasteiger partial charge in [0, 0.05) is 17.5 Å². The zero-order valence-corrected chi connectivity index (χ0v) is 17.3. The van der Waals surface area contributed by atoms with E-state index in [0.717, 1.165) is 12.2 Å². The number of fused-ring (bicyclic) bond motifs is 1. The molecule has 0 spiro atoms. The molecule has 0 aliphatic heterocycles. The van der Waals surface area contributed by atoms with Gasteiger partial charge in [0.15, 0.2) is 11.5 Å². The molecule has 0 saturated heterocycles. The molecular formula is C19H16ClF2N7S. The Kier molecular flexibility index (Phi) is 5.96. The lowest BCUT2D eigenvalue weighted by molar-refractivity contribution is 0.593. The predicted molar refractivity (Wildman–Crippen MR) is 116 cm³/mol. The second-order valence-corrected chi connectivity index (χ2v) is 7.47. The van der Waals surface area contributed by atoms with Crippen LogP contribution in [0.2, 0.25) is 5.28 Å². The van der Waals surface area contributed by atoms with Crippen molar-refractivity contribution in [1.29, 1.82) is 0 Å². The third kappa shape index (κ3) is 4.01. The number of pyridine rings is 1. The summed E-state index contributed by atoms with van der Waals surface area (Å²) < 4.78 is 32.3. The smallest absolute Gasteiger partial charge is 0.202 e. The molecule has 3 N–H and O–H groups in total. The number of hydrogen-bond acceptors (Lipinski definition) is 7. The predicted octanol–water partition coefficient (Wildman–Crippen LogP) is 5.56. The molecule has 11 heteroatoms. The van der Waals surface area contributed by atoms with E-state index < -0.39 is 11.6 Å². The van der Waals surface area contributed by atoms with Crippen LogP contribution in [0.5, 0.6) is 0 Å². The van der Waals surface area contributed by atoms with Gasteiger partial charge in [-0.05, 0) is 42.3 Å². The number of hydrogen-bond donors (Lipinski definition) is 3. The molecular weight excluding hydrogens is 432 g/mol. The van der Waals surface area contributed by atoms with Crippen LogP contribution >= 0.6 is 23.5 Å². The SMILES string of the molecule is CCCSNc1ccc(F)c(Nc2ncccc2-c2ncnc3nc(Cl)[nH]c23)c1F. The van der Waals surface area contributed by atoms with E-state index in [4.69, 9.17) is 11.6 Å². The van der Waals surface area contributed by atoms with Crippen molar-refractivity contribution in [3.05, 3.63) is 53.7 Å². The molecule has 0 atom stereocenters. The number of aromatic amines is 1. The number of nitrogens with zero attached hydrogens (tertiary/aromatic N) is 4. The van der Waals surface area contributed by atoms with Gasteiger partial charge >= 0.3 is 0 Å². The topological polar surface area (TPSA) is 91.4 Å². The average molecular weight is 448 g/mol. The van der Waals surface area contributed by atoms with E-state index in [1.807, 2.05) is 6.92 Å². The fourth-order valence-corrected chi connectivity index (χ4v) is 3.59. The Balaban J connectivity index is 1.75. The Morgan fingerprint density at radius 2 is 2.03 bits per heavy atom. The van der Waals surface area contributed by atoms with Gasteiger partial charge < -0.3 is 15.0 Å². The number of H-pyrrole nitrogens is 1. The van der Waals surface area contributed by atoms with E-state index >= 15 is 0 Å². The van der Waals surface area contributed by atoms with E-state index in [2.05, 4.69) is 35.0 Å². The zero-order valence-electron chi connectivity index (χ0n) is 15.7. The highest BCUT2D eigenvalue weighted by Gasteiger charge is 2.19. The summed E-state index contributed by atoms with van der Waals surface area (Å²) >= 11 is 7.30. The highest BCUT2D eigenvalue weighted by Crippen LogP contribution is 2.34. The maximum absolute atomic E-state index is 15.0. The maximum atomic E-state index is 15.0. The van der Waals surface area contributed by atoms with Crippen LogP contribution in [0.4, 0.5) is 26.0 Å². The van der Waals surface area contributed by atoms with Gasteiger partial charge in [-0.25, -0.2) is 23.7 Å². The maximum Gasteiger partial charge on any atom is 0.202 e. The molecule has 0 unspecified atom stereocenters. The van der Waals surface area contributed by atoms with Crippen LogP contribution in [-0.2, 0) is 0 Å². The molecule has 30 heavy (non-hydrogen) atoms. The van der Waals surface area contributed by atoms with Crippen LogP contribution in [0.3, 0.4) is 0 Å². The van der Waals surface area contributed by atoms with Gasteiger partial charge in [-0.15, -0.1) is 0 Å². The zero-order chi connectivity index (χ0) is 21.1. The van der Waals surface area contributed by atoms with Crippen molar-refractivity contribution in [3.8, 4) is 11.3 Å². The summed E-state index contributed by atoms with van der Waals surface area (Å²) in [5, 5.41) is 2.93. The summed E-state index contributed by atoms with van der Waals surface area (Å²) in [6.07, 6.45) is 3.77. The molecule has 0 radical (unpaired) electrons. The fraction of sp³-hybridized carbons (Fsp3) is 0.158. The van der Waals surface area contributed by atoms with Crippen molar-refractivity contribution < 1.29 is 8.78 Å². The van der Waals surface area contributed by atoms with E-state index in [-0.39, 0.29) is 22.5 Å². The van der Waals surface area contributed by atoms with Crippen LogP contribution < -0.4 is 10.0 Å². The Labute approximate surface area is 179 Å². The summed E-state index contributed by atoms with van der Waals surface area (Å²) in [6, 6.07) is 5.97. The minimum atomic E-state index is -0.743. The first-order valence-electron chi connectivity index (χ1n) is 9.03. The molecule has 4 rings (SSSR count). The van der Waals surface area contributed by atoms with Gasteiger partial charge in [0.25, 0.3) is 0 Å². The normalized spacial score (nSPS) is 11.1. The molecule has 0 saturated carbocycles. The molecule has 0 fully saturated rings. The van der Waals surface area contributed by atoms with Gasteiger partial charge in [0.2, 0.25) is 5.28 Å². The minimum absolute atomic E-state index is 0.158. The van der Waals surface area contributed by atoms with Crippen molar-refractivity contribution in [2.75, 3.05) is 15.8 Å². The van der Waals surface area contributed by atoms with Gasteiger partial charge in [-0.3, -0.25) is 0 Å². The van der Waals surface area contributed by atoms with Crippen molar-refractivity contribution in [1.82, 2.24) is 24.9 Å². The van der Waals surface area contributed by atoms with E-state index in [9.17, 15) is 8.78 Å². The summed E-state index contributed by atoms with van der Waals surface area (Å²) in [5.41, 5.74) is 1.68. The number of benzene rings is 1. The van der Waals surface area contributed by atoms with Gasteiger partial charge in [-0.1, -0.05) is 18.9 Å². The van der Waals surface area contributed by atoms with Crippen LogP contribution in [-0.4, -0.2) is 30.7 Å². The van der Waals surface area contributed by atoms with E-state index in [1.54, 1.807) is 12.1 Å². The molecule has 1 aromatic carbocycles. The monoisotopic (exact) mass is 447 g/mol. The van der Waals surface area contributed by atoms with Crippen LogP contribution in [0.1, 0.15) is 13.3 Å². The van der Waals surface area contributed by atoms with Crippen LogP contribution in [0, 0.1) is 11.6 Å². The lowest BCUT2D eigenvalue weighted by Gasteiger charge is -2.14. The number of aromatic nitrogens is 5. The standard InChI is InChI=1S/C19H16ClF2N7S/c1-2-8-30-29-12-6-5-11(21)15(13(12)22)26-17-10(4-3-7-23-17)14-16-18(25-9-24-14)28-19(20)27-16/h3-7,9,29H,2,8H2,1H3,(H,23,26)(H,24,25,27,28). The molecule has 0 amide bonds. The summed E-state index contributed by atoms with van der Waals surface area (Å²) in [5.74, 6) is -0.472. The molecule has 154 valence electrons. The van der Waals surface area contributed by atoms with Crippen molar-refractivity contribution in [2.24, 2.45) is 0 Å². The molecule has 0 bridgehead atoms. The van der Waals surface area contributed by atoms with Gasteiger partial charge in [-0.2, -0.15) is 4.98 Å². The van der Waals surface area contributed by atoms with E-state index in [1.165, 1.54) is 36.6 Å². The molecule has 0 aliphatic carbocycles. The second kappa shape index (κ2) is 8.80. The molecule has 0 aliphatic rings. The van der Waals surface area contributed by atoms with Crippen molar-refractivity contribution in [2.45, 2.75) is 13.3 Å². The number of rotatable bonds is 7. The average Bonchev–Trinajstić information content (AvgIpc) is 3.13. The van der Waals surface area contributed by atoms with Crippen molar-refractivity contribution in [3.63, 3.8) is 0 Å². The lowest BCUT2D eigenvalue weighted by Crippen LogP contribution is -2.04. The van der Waals surface area contributed by atoms with Gasteiger partial charge in [0.05, 0.1) is 5.69 Å². The summed E-state index contributed by atoms with van der Waals surface area (Å²) in [7, 11) is 0. The first kappa shape index (κ1) is 20.3. The Morgan fingerprint density at radius 3 is 2.87 bits per heavy atom. The minimum Gasteiger partial charge on any atom is -0.335 e. The van der Waals surface area contributed by atoms with Gasteiger partial charge in [0.1, 0.15) is 34.9 Å². The quantitative estimate of drug-likeness (QED) is 0.194. The van der Waals surface area contributed by atoms with Crippen LogP contribution in [0.15, 0.2) is 36.8 Å². The third-order valence-corrected chi connectivity index (χ3v) is 5.30. The number of imidazole rings is 1. The molecule has 3 heterocycles. The molecule has 7 nitrogen and oxygen atoms in total. The van der Waals surface area contributed by atoms with Crippen molar-refractivity contribution >= 4 is 51.9 Å². The number of anilines is 3. The Morgan fingerprint density at radius 1 is 1.17 bits per heavy atom. The Bertz CT molecular complexity index is 1200. The first-order valence-corrected chi connectivity index (χ1v) is 10.4. The second-order valence-electron chi connectivity index (χ2n) is 6.21. The highest BCUT2D eigenvalue weighted by molar-refractivity contribution is 8.00. The Hall–Kier alpha value is -2.98. The summed E-state index contributed by atoms with van der Waals surface area (Å²) in [6.45, 7) is 2.02. The van der Waals surface area contributed by atoms with E-state index in [0.29, 0.717) is 22.4 Å². The fourth-order valence-electron chi connectivity index (χ4n) is 2.80. The lowest BCUT2D eigenvalue weighted by atomic mass is 10.1. The number of halogens is 3. The first-order chi connectivity index (χ1) is 14.6. The largest absolute Gasteiger partial charge is 0.335 e. The summed E-state index contributed by atoms with van der Waals surface area (Å²) in [4.78, 5) is 19.6. The number of nitrogens with one attached hydrogen (secondary N) is 3. The highest BCUT2D eigenvalue weighted by atomic mass is 35.5.